The molecule has 3 N–H and O–H groups in total. The van der Waals surface area contributed by atoms with Gasteiger partial charge in [0.25, 0.3) is 0 Å². The summed E-state index contributed by atoms with van der Waals surface area (Å²) in [6.45, 7) is 4.93. The zero-order valence-electron chi connectivity index (χ0n) is 51.5. The van der Waals surface area contributed by atoms with Gasteiger partial charge < -0.3 is 20.3 Å². The molecule has 76 heavy (non-hydrogen) atoms. The first-order valence-corrected chi connectivity index (χ1v) is 34.6. The quantitative estimate of drug-likeness (QED) is 0.0320. The molecule has 0 saturated carbocycles. The lowest BCUT2D eigenvalue weighted by Crippen LogP contribution is -2.45. The molecule has 2 atom stereocenters. The smallest absolute Gasteiger partial charge is 0.305 e. The minimum Gasteiger partial charge on any atom is -0.466 e. The number of carbonyl (C=O) groups is 2. The summed E-state index contributed by atoms with van der Waals surface area (Å²) in [6.07, 6.45) is 82.4. The fraction of sp³-hybridized carbons (Fsp3) is 0.914. The fourth-order valence-corrected chi connectivity index (χ4v) is 10.9. The molecule has 0 fully saturated rings. The van der Waals surface area contributed by atoms with Gasteiger partial charge in [-0.05, 0) is 57.8 Å². The molecule has 0 bridgehead atoms. The van der Waals surface area contributed by atoms with Crippen LogP contribution in [0.25, 0.3) is 0 Å². The molecule has 0 heterocycles. The Balaban J connectivity index is 3.43. The number of aliphatic hydroxyl groups excluding tert-OH is 2. The number of amides is 1. The summed E-state index contributed by atoms with van der Waals surface area (Å²) in [5.74, 6) is -0.0635. The van der Waals surface area contributed by atoms with Crippen LogP contribution in [0.15, 0.2) is 24.3 Å². The molecule has 0 saturated heterocycles. The Hall–Kier alpha value is -1.66. The summed E-state index contributed by atoms with van der Waals surface area (Å²) in [5, 5.41) is 23.3. The van der Waals surface area contributed by atoms with Gasteiger partial charge in [-0.1, -0.05) is 340 Å². The molecule has 450 valence electrons. The predicted octanol–water partition coefficient (Wildman–Crippen LogP) is 22.1. The SMILES string of the molecule is CCCCCCCC/C=C\CCCCCCCCCC(=O)OCCCCCCCCCCCCCCCCCCCCC(=O)NC(CO)C(O)/C=C/CCCCCCCCCCCCCCCCCCCCCCCC. The highest BCUT2D eigenvalue weighted by molar-refractivity contribution is 5.76. The molecule has 0 spiro atoms. The molecule has 0 radical (unpaired) electrons. The first kappa shape index (κ1) is 74.3. The Morgan fingerprint density at radius 1 is 0.355 bits per heavy atom. The van der Waals surface area contributed by atoms with Crippen LogP contribution in [0.2, 0.25) is 0 Å². The van der Waals surface area contributed by atoms with Crippen molar-refractivity contribution in [2.75, 3.05) is 13.2 Å². The van der Waals surface area contributed by atoms with Gasteiger partial charge in [0.1, 0.15) is 0 Å². The van der Waals surface area contributed by atoms with E-state index in [-0.39, 0.29) is 18.5 Å². The van der Waals surface area contributed by atoms with E-state index in [2.05, 4.69) is 31.3 Å². The molecule has 0 aliphatic carbocycles. The zero-order valence-corrected chi connectivity index (χ0v) is 51.5. The van der Waals surface area contributed by atoms with Crippen LogP contribution in [0.4, 0.5) is 0 Å². The van der Waals surface area contributed by atoms with Crippen molar-refractivity contribution in [3.8, 4) is 0 Å². The maximum absolute atomic E-state index is 12.5. The summed E-state index contributed by atoms with van der Waals surface area (Å²) in [5.41, 5.74) is 0. The number of unbranched alkanes of at least 4 members (excludes halogenated alkanes) is 52. The molecule has 0 aromatic heterocycles. The summed E-state index contributed by atoms with van der Waals surface area (Å²) in [4.78, 5) is 24.6. The topological polar surface area (TPSA) is 95.9 Å². The Kier molecular flexibility index (Phi) is 64.4. The van der Waals surface area contributed by atoms with E-state index in [4.69, 9.17) is 4.74 Å². The van der Waals surface area contributed by atoms with Gasteiger partial charge in [0.15, 0.2) is 0 Å². The second-order valence-corrected chi connectivity index (χ2v) is 23.9. The molecular formula is C70H135NO5. The number of hydrogen-bond donors (Lipinski definition) is 3. The Morgan fingerprint density at radius 3 is 0.934 bits per heavy atom. The van der Waals surface area contributed by atoms with Crippen molar-refractivity contribution in [2.24, 2.45) is 0 Å². The van der Waals surface area contributed by atoms with E-state index in [1.165, 1.54) is 315 Å². The highest BCUT2D eigenvalue weighted by Crippen LogP contribution is 2.19. The summed E-state index contributed by atoms with van der Waals surface area (Å²) < 4.78 is 5.50. The lowest BCUT2D eigenvalue weighted by Gasteiger charge is -2.20. The minimum atomic E-state index is -0.849. The Morgan fingerprint density at radius 2 is 0.618 bits per heavy atom. The van der Waals surface area contributed by atoms with Crippen molar-refractivity contribution in [1.82, 2.24) is 5.32 Å². The van der Waals surface area contributed by atoms with E-state index >= 15 is 0 Å². The van der Waals surface area contributed by atoms with Crippen LogP contribution in [0.3, 0.4) is 0 Å². The molecule has 6 heteroatoms. The standard InChI is InChI=1S/C70H135NO5/c1-3-5-7-9-11-13-15-17-19-21-22-23-24-25-26-27-31-34-38-42-46-50-54-58-62-68(73)67(66-72)71-69(74)63-59-55-51-47-43-39-35-32-28-29-33-37-41-45-49-53-57-61-65-76-70(75)64-60-56-52-48-44-40-36-30-20-18-16-14-12-10-8-6-4-2/h18,20,58,62,67-68,72-73H,3-17,19,21-57,59-61,63-66H2,1-2H3,(H,71,74)/b20-18-,62-58+. The molecule has 6 nitrogen and oxygen atoms in total. The first-order chi connectivity index (χ1) is 37.5. The third-order valence-electron chi connectivity index (χ3n) is 16.2. The summed E-state index contributed by atoms with van der Waals surface area (Å²) in [6, 6.07) is -0.632. The van der Waals surface area contributed by atoms with E-state index in [0.29, 0.717) is 19.4 Å². The van der Waals surface area contributed by atoms with Crippen LogP contribution >= 0.6 is 0 Å². The van der Waals surface area contributed by atoms with Crippen molar-refractivity contribution in [2.45, 2.75) is 398 Å². The average molecular weight is 1070 g/mol. The number of ether oxygens (including phenoxy) is 1. The molecule has 0 rings (SSSR count). The van der Waals surface area contributed by atoms with Crippen LogP contribution < -0.4 is 5.32 Å². The number of allylic oxidation sites excluding steroid dienone is 3. The summed E-state index contributed by atoms with van der Waals surface area (Å²) in [7, 11) is 0. The molecule has 0 aliphatic rings. The van der Waals surface area contributed by atoms with Gasteiger partial charge in [0.2, 0.25) is 5.91 Å². The first-order valence-electron chi connectivity index (χ1n) is 34.6. The van der Waals surface area contributed by atoms with Crippen molar-refractivity contribution in [3.63, 3.8) is 0 Å². The molecule has 2 unspecified atom stereocenters. The third kappa shape index (κ3) is 61.6. The normalized spacial score (nSPS) is 12.6. The van der Waals surface area contributed by atoms with Crippen molar-refractivity contribution >= 4 is 11.9 Å². The molecule has 1 amide bonds. The second kappa shape index (κ2) is 65.9. The monoisotopic (exact) mass is 1070 g/mol. The van der Waals surface area contributed by atoms with Crippen molar-refractivity contribution in [3.05, 3.63) is 24.3 Å². The van der Waals surface area contributed by atoms with Gasteiger partial charge in [-0.3, -0.25) is 9.59 Å². The zero-order chi connectivity index (χ0) is 55.0. The highest BCUT2D eigenvalue weighted by Gasteiger charge is 2.18. The number of carbonyl (C=O) groups excluding carboxylic acids is 2. The van der Waals surface area contributed by atoms with Crippen molar-refractivity contribution in [1.29, 1.82) is 0 Å². The Labute approximate surface area is 475 Å². The number of rotatable bonds is 65. The van der Waals surface area contributed by atoms with E-state index in [1.54, 1.807) is 6.08 Å². The van der Waals surface area contributed by atoms with Gasteiger partial charge in [0.05, 0.1) is 25.4 Å². The van der Waals surface area contributed by atoms with Gasteiger partial charge >= 0.3 is 5.97 Å². The van der Waals surface area contributed by atoms with Crippen LogP contribution in [-0.4, -0.2) is 47.4 Å². The second-order valence-electron chi connectivity index (χ2n) is 23.9. The minimum absolute atomic E-state index is 0.00421. The van der Waals surface area contributed by atoms with Crippen LogP contribution in [0, 0.1) is 0 Å². The van der Waals surface area contributed by atoms with Gasteiger partial charge in [0, 0.05) is 12.8 Å². The number of nitrogens with one attached hydrogen (secondary N) is 1. The lowest BCUT2D eigenvalue weighted by molar-refractivity contribution is -0.143. The largest absolute Gasteiger partial charge is 0.466 e. The van der Waals surface area contributed by atoms with Gasteiger partial charge in [-0.2, -0.15) is 0 Å². The number of aliphatic hydroxyl groups is 2. The number of esters is 1. The predicted molar refractivity (Wildman–Crippen MR) is 333 cm³/mol. The molecule has 0 aromatic carbocycles. The van der Waals surface area contributed by atoms with Crippen molar-refractivity contribution < 1.29 is 24.5 Å². The van der Waals surface area contributed by atoms with Gasteiger partial charge in [-0.15, -0.1) is 0 Å². The van der Waals surface area contributed by atoms with Crippen LogP contribution in [0.1, 0.15) is 386 Å². The molecular weight excluding hydrogens is 935 g/mol. The Bertz CT molecular complexity index is 1190. The maximum atomic E-state index is 12.5. The van der Waals surface area contributed by atoms with E-state index in [9.17, 15) is 19.8 Å². The third-order valence-corrected chi connectivity index (χ3v) is 16.2. The van der Waals surface area contributed by atoms with Gasteiger partial charge in [-0.25, -0.2) is 0 Å². The number of hydrogen-bond acceptors (Lipinski definition) is 5. The van der Waals surface area contributed by atoms with Crippen LogP contribution in [-0.2, 0) is 14.3 Å². The lowest BCUT2D eigenvalue weighted by atomic mass is 10.0. The maximum Gasteiger partial charge on any atom is 0.305 e. The summed E-state index contributed by atoms with van der Waals surface area (Å²) >= 11 is 0. The average Bonchev–Trinajstić information content (AvgIpc) is 3.42. The van der Waals surface area contributed by atoms with E-state index in [0.717, 1.165) is 44.9 Å². The van der Waals surface area contributed by atoms with Crippen LogP contribution in [0.5, 0.6) is 0 Å². The van der Waals surface area contributed by atoms with E-state index in [1.807, 2.05) is 6.08 Å². The highest BCUT2D eigenvalue weighted by atomic mass is 16.5. The molecule has 0 aliphatic heterocycles. The van der Waals surface area contributed by atoms with E-state index < -0.39 is 12.1 Å². The fourth-order valence-electron chi connectivity index (χ4n) is 10.9. The molecule has 0 aromatic rings.